The number of imide groups is 1. The van der Waals surface area contributed by atoms with Crippen LogP contribution in [0.5, 0.6) is 0 Å². The first-order valence-corrected chi connectivity index (χ1v) is 4.79. The van der Waals surface area contributed by atoms with Crippen LogP contribution in [-0.4, -0.2) is 21.8 Å². The van der Waals surface area contributed by atoms with Crippen LogP contribution in [0.3, 0.4) is 0 Å². The van der Waals surface area contributed by atoms with Gasteiger partial charge < -0.3 is 0 Å². The molecule has 1 unspecified atom stereocenters. The Bertz CT molecular complexity index is 417. The molecule has 0 bridgehead atoms. The summed E-state index contributed by atoms with van der Waals surface area (Å²) >= 11 is 0. The normalized spacial score (nSPS) is 21.3. The molecular weight excluding hydrogens is 194 g/mol. The van der Waals surface area contributed by atoms with Gasteiger partial charge in [-0.15, -0.1) is 0 Å². The van der Waals surface area contributed by atoms with Crippen molar-refractivity contribution >= 4 is 11.8 Å². The minimum Gasteiger partial charge on any atom is -0.296 e. The van der Waals surface area contributed by atoms with Crippen molar-refractivity contribution in [3.05, 3.63) is 23.8 Å². The Morgan fingerprint density at radius 1 is 1.40 bits per heavy atom. The molecule has 0 spiro atoms. The highest BCUT2D eigenvalue weighted by Gasteiger charge is 2.29. The summed E-state index contributed by atoms with van der Waals surface area (Å²) in [6.45, 7) is 1.82. The lowest BCUT2D eigenvalue weighted by Gasteiger charge is -2.19. The maximum absolute atomic E-state index is 11.5. The second kappa shape index (κ2) is 3.76. The quantitative estimate of drug-likeness (QED) is 0.669. The van der Waals surface area contributed by atoms with Crippen LogP contribution in [0, 0.1) is 6.92 Å². The van der Waals surface area contributed by atoms with Gasteiger partial charge in [0.05, 0.1) is 17.3 Å². The molecule has 1 fully saturated rings. The van der Waals surface area contributed by atoms with Crippen LogP contribution in [0.4, 0.5) is 0 Å². The molecule has 0 aliphatic carbocycles. The number of hydrogen-bond donors (Lipinski definition) is 1. The van der Waals surface area contributed by atoms with Crippen molar-refractivity contribution in [2.45, 2.75) is 25.7 Å². The molecule has 78 valence electrons. The van der Waals surface area contributed by atoms with Gasteiger partial charge in [0.2, 0.25) is 11.8 Å². The third kappa shape index (κ3) is 2.01. The third-order valence-corrected chi connectivity index (χ3v) is 2.37. The summed E-state index contributed by atoms with van der Waals surface area (Å²) in [4.78, 5) is 30.7. The molecule has 2 rings (SSSR count). The number of aryl methyl sites for hydroxylation is 1. The van der Waals surface area contributed by atoms with Crippen LogP contribution in [0.25, 0.3) is 0 Å². The van der Waals surface area contributed by atoms with E-state index in [4.69, 9.17) is 0 Å². The minimum absolute atomic E-state index is 0.211. The first-order chi connectivity index (χ1) is 7.16. The maximum Gasteiger partial charge on any atom is 0.235 e. The Balaban J connectivity index is 2.24. The van der Waals surface area contributed by atoms with E-state index < -0.39 is 0 Å². The van der Waals surface area contributed by atoms with E-state index in [1.54, 1.807) is 12.4 Å². The van der Waals surface area contributed by atoms with Crippen LogP contribution in [-0.2, 0) is 9.59 Å². The van der Waals surface area contributed by atoms with Gasteiger partial charge in [0.15, 0.2) is 0 Å². The molecule has 5 heteroatoms. The number of nitrogens with zero attached hydrogens (tertiary/aromatic N) is 2. The largest absolute Gasteiger partial charge is 0.296 e. The highest BCUT2D eigenvalue weighted by molar-refractivity contribution is 6.00. The number of amides is 2. The number of carbonyl (C=O) groups is 2. The number of hydrogen-bond acceptors (Lipinski definition) is 4. The smallest absolute Gasteiger partial charge is 0.235 e. The zero-order valence-corrected chi connectivity index (χ0v) is 8.36. The molecule has 1 aliphatic rings. The van der Waals surface area contributed by atoms with Gasteiger partial charge in [0, 0.05) is 18.8 Å². The number of rotatable bonds is 1. The van der Waals surface area contributed by atoms with Gasteiger partial charge in [-0.3, -0.25) is 24.9 Å². The minimum atomic E-state index is -0.338. The fourth-order valence-electron chi connectivity index (χ4n) is 1.63. The highest BCUT2D eigenvalue weighted by atomic mass is 16.2. The summed E-state index contributed by atoms with van der Waals surface area (Å²) in [7, 11) is 0. The maximum atomic E-state index is 11.5. The summed E-state index contributed by atoms with van der Waals surface area (Å²) in [6, 6.07) is 0. The number of piperidine rings is 1. The topological polar surface area (TPSA) is 72.0 Å². The van der Waals surface area contributed by atoms with E-state index >= 15 is 0 Å². The molecular formula is C10H11N3O2. The summed E-state index contributed by atoms with van der Waals surface area (Å²) in [6.07, 6.45) is 4.09. The first-order valence-electron chi connectivity index (χ1n) is 4.79. The van der Waals surface area contributed by atoms with E-state index in [9.17, 15) is 9.59 Å². The van der Waals surface area contributed by atoms with Crippen LogP contribution in [0.1, 0.15) is 30.1 Å². The first kappa shape index (κ1) is 9.76. The Hall–Kier alpha value is -1.78. The molecule has 5 nitrogen and oxygen atoms in total. The van der Waals surface area contributed by atoms with Crippen molar-refractivity contribution in [1.82, 2.24) is 15.3 Å². The monoisotopic (exact) mass is 205 g/mol. The Labute approximate surface area is 86.9 Å². The number of aromatic nitrogens is 2. The molecule has 0 aromatic carbocycles. The van der Waals surface area contributed by atoms with E-state index in [2.05, 4.69) is 15.3 Å². The standard InChI is InChI=1S/C10H11N3O2/c1-6-4-11-5-8(12-6)7-2-3-9(14)13-10(7)15/h4-5,7H,2-3H2,1H3,(H,13,14,15). The number of carbonyl (C=O) groups excluding carboxylic acids is 2. The fraction of sp³-hybridized carbons (Fsp3) is 0.400. The second-order valence-electron chi connectivity index (χ2n) is 3.59. The lowest BCUT2D eigenvalue weighted by molar-refractivity contribution is -0.134. The Kier molecular flexibility index (Phi) is 2.45. The summed E-state index contributed by atoms with van der Waals surface area (Å²) in [5, 5.41) is 2.30. The molecule has 1 N–H and O–H groups in total. The van der Waals surface area contributed by atoms with E-state index in [1.807, 2.05) is 6.92 Å². The van der Waals surface area contributed by atoms with E-state index in [0.717, 1.165) is 5.69 Å². The third-order valence-electron chi connectivity index (χ3n) is 2.37. The highest BCUT2D eigenvalue weighted by Crippen LogP contribution is 2.22. The molecule has 1 aromatic heterocycles. The zero-order valence-electron chi connectivity index (χ0n) is 8.36. The van der Waals surface area contributed by atoms with Crippen molar-refractivity contribution < 1.29 is 9.59 Å². The second-order valence-corrected chi connectivity index (χ2v) is 3.59. The summed E-state index contributed by atoms with van der Waals surface area (Å²) < 4.78 is 0. The molecule has 1 saturated heterocycles. The van der Waals surface area contributed by atoms with Crippen molar-refractivity contribution in [3.8, 4) is 0 Å². The molecule has 1 atom stereocenters. The van der Waals surface area contributed by atoms with Crippen LogP contribution in [0.15, 0.2) is 12.4 Å². The predicted octanol–water partition coefficient (Wildman–Crippen LogP) is 0.305. The van der Waals surface area contributed by atoms with Crippen LogP contribution in [0.2, 0.25) is 0 Å². The fourth-order valence-corrected chi connectivity index (χ4v) is 1.63. The Morgan fingerprint density at radius 3 is 2.87 bits per heavy atom. The van der Waals surface area contributed by atoms with Crippen molar-refractivity contribution in [3.63, 3.8) is 0 Å². The molecule has 0 saturated carbocycles. The van der Waals surface area contributed by atoms with Gasteiger partial charge in [0.1, 0.15) is 0 Å². The summed E-state index contributed by atoms with van der Waals surface area (Å²) in [5.74, 6) is -0.821. The van der Waals surface area contributed by atoms with Crippen LogP contribution >= 0.6 is 0 Å². The Morgan fingerprint density at radius 2 is 2.20 bits per heavy atom. The lowest BCUT2D eigenvalue weighted by atomic mass is 9.95. The van der Waals surface area contributed by atoms with Gasteiger partial charge in [-0.1, -0.05) is 0 Å². The van der Waals surface area contributed by atoms with Crippen LogP contribution < -0.4 is 5.32 Å². The zero-order chi connectivity index (χ0) is 10.8. The molecule has 0 radical (unpaired) electrons. The lowest BCUT2D eigenvalue weighted by Crippen LogP contribution is -2.39. The van der Waals surface area contributed by atoms with Gasteiger partial charge in [0.25, 0.3) is 0 Å². The average Bonchev–Trinajstić information content (AvgIpc) is 2.17. The van der Waals surface area contributed by atoms with E-state index in [1.165, 1.54) is 0 Å². The summed E-state index contributed by atoms with van der Waals surface area (Å²) in [5.41, 5.74) is 1.41. The van der Waals surface area contributed by atoms with Gasteiger partial charge in [-0.05, 0) is 13.3 Å². The van der Waals surface area contributed by atoms with Crippen molar-refractivity contribution in [2.24, 2.45) is 0 Å². The van der Waals surface area contributed by atoms with Gasteiger partial charge in [-0.25, -0.2) is 0 Å². The molecule has 1 aliphatic heterocycles. The SMILES string of the molecule is Cc1cncc(C2CCC(=O)NC2=O)n1. The van der Waals surface area contributed by atoms with Gasteiger partial charge in [-0.2, -0.15) is 0 Å². The molecule has 2 heterocycles. The van der Waals surface area contributed by atoms with Gasteiger partial charge >= 0.3 is 0 Å². The van der Waals surface area contributed by atoms with Crippen molar-refractivity contribution in [1.29, 1.82) is 0 Å². The molecule has 15 heavy (non-hydrogen) atoms. The predicted molar refractivity (Wildman–Crippen MR) is 51.9 cm³/mol. The van der Waals surface area contributed by atoms with E-state index in [0.29, 0.717) is 18.5 Å². The number of nitrogens with one attached hydrogen (secondary N) is 1. The average molecular weight is 205 g/mol. The van der Waals surface area contributed by atoms with Crippen molar-refractivity contribution in [2.75, 3.05) is 0 Å². The van der Waals surface area contributed by atoms with E-state index in [-0.39, 0.29) is 17.7 Å². The molecule has 1 aromatic rings. The molecule has 2 amide bonds.